The Morgan fingerprint density at radius 1 is 1.23 bits per heavy atom. The van der Waals surface area contributed by atoms with Gasteiger partial charge in [-0.1, -0.05) is 32.0 Å². The molecule has 30 heavy (non-hydrogen) atoms. The van der Waals surface area contributed by atoms with Crippen molar-refractivity contribution in [3.05, 3.63) is 46.9 Å². The third kappa shape index (κ3) is 3.80. The number of halogens is 1. The Balaban J connectivity index is 2.17. The molecule has 1 aliphatic heterocycles. The highest BCUT2D eigenvalue weighted by atomic mass is 19.1. The van der Waals surface area contributed by atoms with Crippen molar-refractivity contribution in [3.63, 3.8) is 0 Å². The molecule has 6 nitrogen and oxygen atoms in total. The number of ketones is 1. The highest BCUT2D eigenvalue weighted by Gasteiger charge is 2.51. The Hall–Kier alpha value is -2.83. The summed E-state index contributed by atoms with van der Waals surface area (Å²) in [5.74, 6) is -5.29. The van der Waals surface area contributed by atoms with E-state index in [4.69, 9.17) is 9.47 Å². The molecule has 0 saturated heterocycles. The van der Waals surface area contributed by atoms with Gasteiger partial charge in [0.1, 0.15) is 11.7 Å². The van der Waals surface area contributed by atoms with Crippen LogP contribution >= 0.6 is 0 Å². The smallest absolute Gasteiger partial charge is 0.336 e. The molecule has 1 heterocycles. The van der Waals surface area contributed by atoms with E-state index in [-0.39, 0.29) is 23.7 Å². The number of esters is 2. The van der Waals surface area contributed by atoms with E-state index in [0.29, 0.717) is 24.3 Å². The molecule has 3 rings (SSSR count). The molecule has 0 radical (unpaired) electrons. The first-order chi connectivity index (χ1) is 14.3. The van der Waals surface area contributed by atoms with Gasteiger partial charge in [0.15, 0.2) is 5.78 Å². The lowest BCUT2D eigenvalue weighted by Crippen LogP contribution is -2.48. The molecule has 4 atom stereocenters. The van der Waals surface area contributed by atoms with Crippen LogP contribution in [0.3, 0.4) is 0 Å². The van der Waals surface area contributed by atoms with E-state index in [1.807, 2.05) is 6.92 Å². The van der Waals surface area contributed by atoms with E-state index in [0.717, 1.165) is 0 Å². The molecule has 0 N–H and O–H groups in total. The Kier molecular flexibility index (Phi) is 6.48. The lowest BCUT2D eigenvalue weighted by Gasteiger charge is -2.40. The number of benzene rings is 1. The number of nitrogens with zero attached hydrogens (tertiary/aromatic N) is 1. The van der Waals surface area contributed by atoms with Crippen molar-refractivity contribution in [2.24, 2.45) is 22.7 Å². The molecule has 0 amide bonds. The van der Waals surface area contributed by atoms with Gasteiger partial charge in [0.25, 0.3) is 0 Å². The zero-order valence-electron chi connectivity index (χ0n) is 17.6. The highest BCUT2D eigenvalue weighted by molar-refractivity contribution is 6.17. The Morgan fingerprint density at radius 2 is 1.93 bits per heavy atom. The van der Waals surface area contributed by atoms with Gasteiger partial charge in [0.2, 0.25) is 0 Å². The predicted molar refractivity (Wildman–Crippen MR) is 108 cm³/mol. The van der Waals surface area contributed by atoms with E-state index < -0.39 is 41.3 Å². The number of hydrogen-bond acceptors (Lipinski definition) is 6. The topological polar surface area (TPSA) is 82.0 Å². The average Bonchev–Trinajstić information content (AvgIpc) is 2.71. The van der Waals surface area contributed by atoms with Crippen LogP contribution in [0.1, 0.15) is 45.1 Å². The maximum Gasteiger partial charge on any atom is 0.336 e. The minimum Gasteiger partial charge on any atom is -0.468 e. The minimum atomic E-state index is -0.987. The zero-order chi connectivity index (χ0) is 22.0. The van der Waals surface area contributed by atoms with Crippen LogP contribution in [0.25, 0.3) is 0 Å². The molecule has 1 aromatic rings. The van der Waals surface area contributed by atoms with Crippen molar-refractivity contribution in [2.75, 3.05) is 13.7 Å². The monoisotopic (exact) mass is 415 g/mol. The SMILES string of the molecule is CCCOC(=O)C1=C(C)N=C2C[C@@H](C)[C@H](C(=O)OC)C(=O)[C@@H]2[C@@H]1c1ccccc1F. The fraction of sp³-hybridized carbons (Fsp3) is 0.478. The number of carbonyl (C=O) groups is 3. The first-order valence-corrected chi connectivity index (χ1v) is 10.1. The maximum absolute atomic E-state index is 14.9. The summed E-state index contributed by atoms with van der Waals surface area (Å²) in [5, 5.41) is 0. The van der Waals surface area contributed by atoms with Gasteiger partial charge in [-0.05, 0) is 37.3 Å². The maximum atomic E-state index is 14.9. The summed E-state index contributed by atoms with van der Waals surface area (Å²) < 4.78 is 25.0. The molecule has 0 spiro atoms. The Morgan fingerprint density at radius 3 is 2.57 bits per heavy atom. The number of aliphatic imine (C=N–C) groups is 1. The van der Waals surface area contributed by atoms with E-state index in [9.17, 15) is 18.8 Å². The molecule has 0 aromatic heterocycles. The number of carbonyl (C=O) groups excluding carboxylic acids is 3. The van der Waals surface area contributed by atoms with Crippen LogP contribution in [0.5, 0.6) is 0 Å². The molecule has 0 unspecified atom stereocenters. The van der Waals surface area contributed by atoms with Gasteiger partial charge < -0.3 is 9.47 Å². The second kappa shape index (κ2) is 8.90. The predicted octanol–water partition coefficient (Wildman–Crippen LogP) is 3.61. The summed E-state index contributed by atoms with van der Waals surface area (Å²) in [5.41, 5.74) is 1.34. The third-order valence-corrected chi connectivity index (χ3v) is 5.77. The van der Waals surface area contributed by atoms with E-state index in [1.54, 1.807) is 32.0 Å². The van der Waals surface area contributed by atoms with Crippen LogP contribution in [0, 0.1) is 23.6 Å². The molecule has 7 heteroatoms. The first kappa shape index (κ1) is 21.9. The second-order valence-corrected chi connectivity index (χ2v) is 7.80. The molecule has 0 bridgehead atoms. The number of methoxy groups -OCH3 is 1. The largest absolute Gasteiger partial charge is 0.468 e. The quantitative estimate of drug-likeness (QED) is 0.542. The standard InChI is InChI=1S/C23H26FNO5/c1-5-10-30-23(28)18-13(3)25-16-11-12(2)17(22(27)29-4)21(26)20(16)19(18)14-8-6-7-9-15(14)24/h6-9,12,17,19-20H,5,10-11H2,1-4H3/t12-,17+,19-,20+/m1/s1. The van der Waals surface area contributed by atoms with E-state index in [1.165, 1.54) is 13.2 Å². The minimum absolute atomic E-state index is 0.161. The molecule has 1 aliphatic carbocycles. The number of fused-ring (bicyclic) bond motifs is 1. The third-order valence-electron chi connectivity index (χ3n) is 5.77. The van der Waals surface area contributed by atoms with Gasteiger partial charge in [0.05, 0.1) is 25.2 Å². The van der Waals surface area contributed by atoms with Gasteiger partial charge in [-0.15, -0.1) is 0 Å². The normalized spacial score (nSPS) is 26.0. The number of Topliss-reactive ketones (excluding diaryl/α,β-unsaturated/α-hetero) is 1. The van der Waals surface area contributed by atoms with Crippen LogP contribution in [0.15, 0.2) is 40.5 Å². The summed E-state index contributed by atoms with van der Waals surface area (Å²) in [6.45, 7) is 5.53. The Labute approximate surface area is 175 Å². The molecule has 160 valence electrons. The van der Waals surface area contributed by atoms with Gasteiger partial charge in [0, 0.05) is 17.3 Å². The summed E-state index contributed by atoms with van der Waals surface area (Å²) in [4.78, 5) is 43.3. The van der Waals surface area contributed by atoms with Crippen molar-refractivity contribution >= 4 is 23.4 Å². The van der Waals surface area contributed by atoms with Crippen LogP contribution in [-0.2, 0) is 23.9 Å². The lowest BCUT2D eigenvalue weighted by molar-refractivity contribution is -0.152. The number of allylic oxidation sites excluding steroid dienone is 1. The highest BCUT2D eigenvalue weighted by Crippen LogP contribution is 2.46. The van der Waals surface area contributed by atoms with Crippen LogP contribution in [0.4, 0.5) is 4.39 Å². The van der Waals surface area contributed by atoms with Crippen LogP contribution in [0.2, 0.25) is 0 Å². The second-order valence-electron chi connectivity index (χ2n) is 7.80. The summed E-state index contributed by atoms with van der Waals surface area (Å²) >= 11 is 0. The molecule has 1 saturated carbocycles. The summed E-state index contributed by atoms with van der Waals surface area (Å²) in [6.07, 6.45) is 1.01. The van der Waals surface area contributed by atoms with E-state index in [2.05, 4.69) is 4.99 Å². The molecular weight excluding hydrogens is 389 g/mol. The molecule has 1 aromatic carbocycles. The number of rotatable bonds is 5. The van der Waals surface area contributed by atoms with Crippen LogP contribution < -0.4 is 0 Å². The average molecular weight is 415 g/mol. The molecule has 2 aliphatic rings. The van der Waals surface area contributed by atoms with E-state index >= 15 is 0 Å². The number of ether oxygens (including phenoxy) is 2. The van der Waals surface area contributed by atoms with Crippen molar-refractivity contribution in [1.82, 2.24) is 0 Å². The van der Waals surface area contributed by atoms with Gasteiger partial charge in [-0.25, -0.2) is 9.18 Å². The van der Waals surface area contributed by atoms with Gasteiger partial charge in [-0.3, -0.25) is 14.6 Å². The lowest BCUT2D eigenvalue weighted by atomic mass is 9.63. The zero-order valence-corrected chi connectivity index (χ0v) is 17.6. The fourth-order valence-corrected chi connectivity index (χ4v) is 4.44. The van der Waals surface area contributed by atoms with Crippen LogP contribution in [-0.4, -0.2) is 37.2 Å². The first-order valence-electron chi connectivity index (χ1n) is 10.1. The van der Waals surface area contributed by atoms with Crippen molar-refractivity contribution in [2.45, 2.75) is 39.5 Å². The summed E-state index contributed by atoms with van der Waals surface area (Å²) in [7, 11) is 1.23. The van der Waals surface area contributed by atoms with Gasteiger partial charge >= 0.3 is 11.9 Å². The summed E-state index contributed by atoms with van der Waals surface area (Å²) in [6, 6.07) is 6.05. The number of hydrogen-bond donors (Lipinski definition) is 0. The fourth-order valence-electron chi connectivity index (χ4n) is 4.44. The molecular formula is C23H26FNO5. The van der Waals surface area contributed by atoms with Crippen molar-refractivity contribution in [3.8, 4) is 0 Å². The van der Waals surface area contributed by atoms with Crippen molar-refractivity contribution < 1.29 is 28.2 Å². The molecule has 1 fully saturated rings. The van der Waals surface area contributed by atoms with Gasteiger partial charge in [-0.2, -0.15) is 0 Å². The Bertz CT molecular complexity index is 935. The van der Waals surface area contributed by atoms with Crippen molar-refractivity contribution in [1.29, 1.82) is 0 Å².